The molecule has 0 radical (unpaired) electrons. The Kier molecular flexibility index (Phi) is 5.22. The minimum Gasteiger partial charge on any atom is -0.352 e. The van der Waals surface area contributed by atoms with E-state index in [2.05, 4.69) is 29.4 Å². The molecule has 2 aliphatic heterocycles. The Morgan fingerprint density at radius 2 is 2.11 bits per heavy atom. The van der Waals surface area contributed by atoms with Crippen molar-refractivity contribution in [3.63, 3.8) is 0 Å². The van der Waals surface area contributed by atoms with Gasteiger partial charge in [-0.1, -0.05) is 13.3 Å². The van der Waals surface area contributed by atoms with Crippen LogP contribution in [-0.2, 0) is 4.79 Å². The average Bonchev–Trinajstić information content (AvgIpc) is 2.89. The number of hydrogen-bond donors (Lipinski definition) is 2. The summed E-state index contributed by atoms with van der Waals surface area (Å²) in [6, 6.07) is 0.259. The molecule has 0 aliphatic carbocycles. The van der Waals surface area contributed by atoms with Gasteiger partial charge in [0.2, 0.25) is 5.91 Å². The van der Waals surface area contributed by atoms with Crippen LogP contribution in [0.1, 0.15) is 46.0 Å². The normalized spacial score (nSPS) is 30.2. The van der Waals surface area contributed by atoms with Crippen molar-refractivity contribution in [3.05, 3.63) is 0 Å². The molecule has 0 aromatic heterocycles. The molecule has 0 aromatic rings. The number of likely N-dealkylation sites (tertiary alicyclic amines) is 1. The number of rotatable bonds is 5. The van der Waals surface area contributed by atoms with Gasteiger partial charge in [0, 0.05) is 19.1 Å². The lowest BCUT2D eigenvalue weighted by Gasteiger charge is -2.32. The van der Waals surface area contributed by atoms with Crippen LogP contribution in [0.25, 0.3) is 0 Å². The number of amides is 1. The van der Waals surface area contributed by atoms with Gasteiger partial charge < -0.3 is 15.5 Å². The summed E-state index contributed by atoms with van der Waals surface area (Å²) >= 11 is 0. The molecule has 2 atom stereocenters. The van der Waals surface area contributed by atoms with Gasteiger partial charge in [0.15, 0.2) is 0 Å². The van der Waals surface area contributed by atoms with E-state index in [1.165, 1.54) is 32.4 Å². The van der Waals surface area contributed by atoms with Crippen LogP contribution >= 0.6 is 0 Å². The van der Waals surface area contributed by atoms with Crippen LogP contribution in [-0.4, -0.2) is 49.6 Å². The Hall–Kier alpha value is -0.610. The molecule has 2 fully saturated rings. The zero-order chi connectivity index (χ0) is 13.7. The molecule has 1 amide bonds. The first-order chi connectivity index (χ1) is 9.16. The third-order valence-corrected chi connectivity index (χ3v) is 4.76. The third-order valence-electron chi connectivity index (χ3n) is 4.76. The van der Waals surface area contributed by atoms with E-state index in [1.54, 1.807) is 0 Å². The molecule has 2 unspecified atom stereocenters. The summed E-state index contributed by atoms with van der Waals surface area (Å²) in [5.74, 6) is 0.254. The molecule has 2 N–H and O–H groups in total. The fraction of sp³-hybridized carbons (Fsp3) is 0.933. The Labute approximate surface area is 117 Å². The van der Waals surface area contributed by atoms with Crippen molar-refractivity contribution in [1.29, 1.82) is 0 Å². The molecule has 0 aromatic carbocycles. The molecule has 2 heterocycles. The highest BCUT2D eigenvalue weighted by molar-refractivity contribution is 5.83. The van der Waals surface area contributed by atoms with Crippen LogP contribution < -0.4 is 10.6 Å². The lowest BCUT2D eigenvalue weighted by atomic mass is 9.83. The number of hydrogen-bond acceptors (Lipinski definition) is 3. The summed E-state index contributed by atoms with van der Waals surface area (Å²) < 4.78 is 0. The lowest BCUT2D eigenvalue weighted by Crippen LogP contribution is -2.49. The summed E-state index contributed by atoms with van der Waals surface area (Å²) in [4.78, 5) is 15.0. The van der Waals surface area contributed by atoms with E-state index < -0.39 is 0 Å². The highest BCUT2D eigenvalue weighted by atomic mass is 16.2. The van der Waals surface area contributed by atoms with E-state index in [0.717, 1.165) is 32.5 Å². The second-order valence-electron chi connectivity index (χ2n) is 6.30. The van der Waals surface area contributed by atoms with Gasteiger partial charge in [-0.3, -0.25) is 4.79 Å². The van der Waals surface area contributed by atoms with Gasteiger partial charge in [-0.2, -0.15) is 0 Å². The van der Waals surface area contributed by atoms with Gasteiger partial charge in [0.05, 0.1) is 5.41 Å². The molecule has 110 valence electrons. The van der Waals surface area contributed by atoms with Crippen LogP contribution in [0.4, 0.5) is 0 Å². The Bertz CT molecular complexity index is 294. The summed E-state index contributed by atoms with van der Waals surface area (Å²) in [6.07, 6.45) is 5.89. The van der Waals surface area contributed by atoms with Crippen LogP contribution in [0.2, 0.25) is 0 Å². The van der Waals surface area contributed by atoms with E-state index in [1.807, 2.05) is 0 Å². The maximum atomic E-state index is 12.5. The van der Waals surface area contributed by atoms with Gasteiger partial charge in [-0.25, -0.2) is 0 Å². The Morgan fingerprint density at radius 3 is 2.68 bits per heavy atom. The first-order valence-corrected chi connectivity index (χ1v) is 7.90. The van der Waals surface area contributed by atoms with Gasteiger partial charge in [0.25, 0.3) is 0 Å². The quantitative estimate of drug-likeness (QED) is 0.791. The molecule has 2 saturated heterocycles. The first kappa shape index (κ1) is 14.8. The predicted molar refractivity (Wildman–Crippen MR) is 78.1 cm³/mol. The summed E-state index contributed by atoms with van der Waals surface area (Å²) in [5, 5.41) is 6.57. The van der Waals surface area contributed by atoms with Gasteiger partial charge in [-0.05, 0) is 52.2 Å². The monoisotopic (exact) mass is 267 g/mol. The van der Waals surface area contributed by atoms with E-state index in [4.69, 9.17) is 0 Å². The molecule has 0 saturated carbocycles. The van der Waals surface area contributed by atoms with Crippen molar-refractivity contribution in [2.24, 2.45) is 5.41 Å². The van der Waals surface area contributed by atoms with E-state index in [9.17, 15) is 4.79 Å². The number of piperidine rings is 1. The van der Waals surface area contributed by atoms with Crippen molar-refractivity contribution in [2.45, 2.75) is 52.0 Å². The van der Waals surface area contributed by atoms with Crippen molar-refractivity contribution in [1.82, 2.24) is 15.5 Å². The topological polar surface area (TPSA) is 44.4 Å². The van der Waals surface area contributed by atoms with Crippen LogP contribution in [0.5, 0.6) is 0 Å². The molecular weight excluding hydrogens is 238 g/mol. The zero-order valence-corrected chi connectivity index (χ0v) is 12.5. The third kappa shape index (κ3) is 3.69. The van der Waals surface area contributed by atoms with Crippen molar-refractivity contribution >= 4 is 5.91 Å². The minimum atomic E-state index is -0.157. The smallest absolute Gasteiger partial charge is 0.227 e. The maximum Gasteiger partial charge on any atom is 0.227 e. The standard InChI is InChI=1S/C15H29N3O/c1-3-15(7-8-16-12-15)14(19)17-13(2)11-18-9-5-4-6-10-18/h13,16H,3-12H2,1-2H3,(H,17,19). The number of carbonyl (C=O) groups is 1. The van der Waals surface area contributed by atoms with Gasteiger partial charge in [-0.15, -0.1) is 0 Å². The van der Waals surface area contributed by atoms with Crippen molar-refractivity contribution < 1.29 is 4.79 Å². The number of nitrogens with one attached hydrogen (secondary N) is 2. The van der Waals surface area contributed by atoms with Crippen molar-refractivity contribution in [2.75, 3.05) is 32.7 Å². The maximum absolute atomic E-state index is 12.5. The first-order valence-electron chi connectivity index (χ1n) is 7.90. The molecular formula is C15H29N3O. The predicted octanol–water partition coefficient (Wildman–Crippen LogP) is 1.37. The zero-order valence-electron chi connectivity index (χ0n) is 12.5. The fourth-order valence-corrected chi connectivity index (χ4v) is 3.35. The highest BCUT2D eigenvalue weighted by Gasteiger charge is 2.39. The highest BCUT2D eigenvalue weighted by Crippen LogP contribution is 2.29. The van der Waals surface area contributed by atoms with Gasteiger partial charge in [0.1, 0.15) is 0 Å². The second-order valence-corrected chi connectivity index (χ2v) is 6.30. The minimum absolute atomic E-state index is 0.157. The van der Waals surface area contributed by atoms with E-state index in [-0.39, 0.29) is 17.4 Å². The number of carbonyl (C=O) groups excluding carboxylic acids is 1. The van der Waals surface area contributed by atoms with E-state index >= 15 is 0 Å². The molecule has 2 aliphatic rings. The van der Waals surface area contributed by atoms with Crippen LogP contribution in [0.15, 0.2) is 0 Å². The fourth-order valence-electron chi connectivity index (χ4n) is 3.35. The molecule has 0 spiro atoms. The molecule has 4 heteroatoms. The van der Waals surface area contributed by atoms with Crippen LogP contribution in [0.3, 0.4) is 0 Å². The largest absolute Gasteiger partial charge is 0.352 e. The Balaban J connectivity index is 1.80. The molecule has 4 nitrogen and oxygen atoms in total. The SMILES string of the molecule is CCC1(C(=O)NC(C)CN2CCCCC2)CCNC1. The average molecular weight is 267 g/mol. The molecule has 0 bridgehead atoms. The van der Waals surface area contributed by atoms with Crippen LogP contribution in [0, 0.1) is 5.41 Å². The lowest BCUT2D eigenvalue weighted by molar-refractivity contribution is -0.131. The second kappa shape index (κ2) is 6.71. The summed E-state index contributed by atoms with van der Waals surface area (Å²) in [6.45, 7) is 9.47. The summed E-state index contributed by atoms with van der Waals surface area (Å²) in [7, 11) is 0. The van der Waals surface area contributed by atoms with Crippen molar-refractivity contribution in [3.8, 4) is 0 Å². The van der Waals surface area contributed by atoms with Gasteiger partial charge >= 0.3 is 0 Å². The Morgan fingerprint density at radius 1 is 1.37 bits per heavy atom. The number of nitrogens with zero attached hydrogens (tertiary/aromatic N) is 1. The molecule has 19 heavy (non-hydrogen) atoms. The van der Waals surface area contributed by atoms with E-state index in [0.29, 0.717) is 0 Å². The molecule has 2 rings (SSSR count). The summed E-state index contributed by atoms with van der Waals surface area (Å²) in [5.41, 5.74) is -0.157.